The van der Waals surface area contributed by atoms with Crippen molar-refractivity contribution in [2.45, 2.75) is 19.6 Å². The number of aromatic nitrogens is 1. The quantitative estimate of drug-likeness (QED) is 0.856. The van der Waals surface area contributed by atoms with E-state index in [0.29, 0.717) is 12.2 Å². The van der Waals surface area contributed by atoms with Gasteiger partial charge in [0, 0.05) is 21.2 Å². The van der Waals surface area contributed by atoms with Crippen molar-refractivity contribution in [3.63, 3.8) is 0 Å². The average Bonchev–Trinajstić information content (AvgIpc) is 2.72. The third-order valence-corrected chi connectivity index (χ3v) is 4.04. The molecule has 0 radical (unpaired) electrons. The summed E-state index contributed by atoms with van der Waals surface area (Å²) in [5.41, 5.74) is 0.643. The lowest BCUT2D eigenvalue weighted by Crippen LogP contribution is -2.07. The largest absolute Gasteiger partial charge is 0.417 e. The first-order valence-corrected chi connectivity index (χ1v) is 7.05. The van der Waals surface area contributed by atoms with Crippen LogP contribution in [0.25, 0.3) is 0 Å². The van der Waals surface area contributed by atoms with Crippen molar-refractivity contribution in [3.8, 4) is 0 Å². The zero-order valence-corrected chi connectivity index (χ0v) is 12.3. The first kappa shape index (κ1) is 14.3. The SMILES string of the molecule is Cc1csc(CNc2ccc(Br)c(C(F)(F)F)c2)n1. The molecule has 1 N–H and O–H groups in total. The van der Waals surface area contributed by atoms with Crippen LogP contribution in [0.1, 0.15) is 16.3 Å². The number of benzene rings is 1. The minimum absolute atomic E-state index is 0.0376. The Kier molecular flexibility index (Phi) is 4.15. The van der Waals surface area contributed by atoms with Crippen LogP contribution in [0.4, 0.5) is 18.9 Å². The van der Waals surface area contributed by atoms with Crippen LogP contribution in [-0.4, -0.2) is 4.98 Å². The number of anilines is 1. The van der Waals surface area contributed by atoms with Gasteiger partial charge in [-0.3, -0.25) is 0 Å². The molecule has 0 bridgehead atoms. The van der Waals surface area contributed by atoms with Crippen LogP contribution >= 0.6 is 27.3 Å². The van der Waals surface area contributed by atoms with Gasteiger partial charge in [-0.2, -0.15) is 13.2 Å². The molecule has 0 aliphatic heterocycles. The Hall–Kier alpha value is -1.08. The summed E-state index contributed by atoms with van der Waals surface area (Å²) in [5, 5.41) is 5.69. The van der Waals surface area contributed by atoms with E-state index in [1.807, 2.05) is 12.3 Å². The summed E-state index contributed by atoms with van der Waals surface area (Å²) in [6.07, 6.45) is -4.37. The average molecular weight is 351 g/mol. The number of hydrogen-bond acceptors (Lipinski definition) is 3. The predicted molar refractivity (Wildman–Crippen MR) is 73.3 cm³/mol. The summed E-state index contributed by atoms with van der Waals surface area (Å²) >= 11 is 4.38. The Morgan fingerprint density at radius 2 is 2.11 bits per heavy atom. The summed E-state index contributed by atoms with van der Waals surface area (Å²) in [7, 11) is 0. The highest BCUT2D eigenvalue weighted by Crippen LogP contribution is 2.36. The van der Waals surface area contributed by atoms with Crippen molar-refractivity contribution in [1.82, 2.24) is 4.98 Å². The fraction of sp³-hybridized carbons (Fsp3) is 0.250. The Labute approximate surface area is 120 Å². The molecule has 1 aromatic heterocycles. The monoisotopic (exact) mass is 350 g/mol. The summed E-state index contributed by atoms with van der Waals surface area (Å²) in [5.74, 6) is 0. The van der Waals surface area contributed by atoms with Crippen molar-refractivity contribution in [2.75, 3.05) is 5.32 Å². The second-order valence-corrected chi connectivity index (χ2v) is 5.73. The van der Waals surface area contributed by atoms with Gasteiger partial charge in [0.1, 0.15) is 5.01 Å². The highest BCUT2D eigenvalue weighted by molar-refractivity contribution is 9.10. The summed E-state index contributed by atoms with van der Waals surface area (Å²) in [4.78, 5) is 4.24. The smallest absolute Gasteiger partial charge is 0.379 e. The molecular formula is C12H10BrF3N2S. The molecule has 1 heterocycles. The van der Waals surface area contributed by atoms with E-state index >= 15 is 0 Å². The van der Waals surface area contributed by atoms with Gasteiger partial charge in [0.25, 0.3) is 0 Å². The highest BCUT2D eigenvalue weighted by atomic mass is 79.9. The highest BCUT2D eigenvalue weighted by Gasteiger charge is 2.33. The van der Waals surface area contributed by atoms with Crippen LogP contribution in [0.15, 0.2) is 28.1 Å². The molecule has 19 heavy (non-hydrogen) atoms. The van der Waals surface area contributed by atoms with Crippen molar-refractivity contribution >= 4 is 33.0 Å². The Morgan fingerprint density at radius 3 is 2.68 bits per heavy atom. The number of thiazole rings is 1. The van der Waals surface area contributed by atoms with Gasteiger partial charge >= 0.3 is 6.18 Å². The maximum Gasteiger partial charge on any atom is 0.417 e. The van der Waals surface area contributed by atoms with Crippen LogP contribution in [0, 0.1) is 6.92 Å². The van der Waals surface area contributed by atoms with Crippen molar-refractivity contribution in [2.24, 2.45) is 0 Å². The van der Waals surface area contributed by atoms with Crippen LogP contribution in [0.5, 0.6) is 0 Å². The van der Waals surface area contributed by atoms with E-state index in [4.69, 9.17) is 0 Å². The van der Waals surface area contributed by atoms with Crippen LogP contribution in [0.3, 0.4) is 0 Å². The van der Waals surface area contributed by atoms with E-state index in [1.165, 1.54) is 17.4 Å². The van der Waals surface area contributed by atoms with Crippen LogP contribution in [-0.2, 0) is 12.7 Å². The Bertz CT molecular complexity index is 581. The molecule has 2 nitrogen and oxygen atoms in total. The fourth-order valence-corrected chi connectivity index (χ4v) is 2.70. The van der Waals surface area contributed by atoms with E-state index in [0.717, 1.165) is 16.8 Å². The molecule has 0 saturated heterocycles. The fourth-order valence-electron chi connectivity index (χ4n) is 1.51. The van der Waals surface area contributed by atoms with E-state index in [2.05, 4.69) is 26.2 Å². The van der Waals surface area contributed by atoms with Crippen molar-refractivity contribution in [3.05, 3.63) is 44.3 Å². The summed E-state index contributed by atoms with van der Waals surface area (Å²) in [6.45, 7) is 2.29. The van der Waals surface area contributed by atoms with E-state index in [-0.39, 0.29) is 4.47 Å². The van der Waals surface area contributed by atoms with Crippen molar-refractivity contribution in [1.29, 1.82) is 0 Å². The number of aryl methyl sites for hydroxylation is 1. The molecule has 0 spiro atoms. The lowest BCUT2D eigenvalue weighted by Gasteiger charge is -2.12. The molecule has 0 saturated carbocycles. The molecule has 2 rings (SSSR count). The van der Waals surface area contributed by atoms with Gasteiger partial charge in [-0.15, -0.1) is 11.3 Å². The van der Waals surface area contributed by atoms with Gasteiger partial charge < -0.3 is 5.32 Å². The third kappa shape index (κ3) is 3.70. The lowest BCUT2D eigenvalue weighted by atomic mass is 10.2. The maximum absolute atomic E-state index is 12.7. The van der Waals surface area contributed by atoms with Crippen LogP contribution < -0.4 is 5.32 Å². The standard InChI is InChI=1S/C12H10BrF3N2S/c1-7-6-19-11(18-7)5-17-8-2-3-10(13)9(4-8)12(14,15)16/h2-4,6,17H,5H2,1H3. The molecule has 7 heteroatoms. The first-order valence-electron chi connectivity index (χ1n) is 5.38. The molecule has 0 aliphatic rings. The van der Waals surface area contributed by atoms with Crippen molar-refractivity contribution < 1.29 is 13.2 Å². The van der Waals surface area contributed by atoms with Gasteiger partial charge in [0.15, 0.2) is 0 Å². The topological polar surface area (TPSA) is 24.9 Å². The Balaban J connectivity index is 2.13. The molecule has 0 amide bonds. The molecule has 2 aromatic rings. The summed E-state index contributed by atoms with van der Waals surface area (Å²) in [6, 6.07) is 4.07. The minimum atomic E-state index is -4.37. The zero-order chi connectivity index (χ0) is 14.0. The predicted octanol–water partition coefficient (Wildman–Crippen LogP) is 4.84. The van der Waals surface area contributed by atoms with Gasteiger partial charge in [0.2, 0.25) is 0 Å². The maximum atomic E-state index is 12.7. The third-order valence-electron chi connectivity index (χ3n) is 2.38. The molecule has 0 fully saturated rings. The minimum Gasteiger partial charge on any atom is -0.379 e. The lowest BCUT2D eigenvalue weighted by molar-refractivity contribution is -0.138. The van der Waals surface area contributed by atoms with Gasteiger partial charge in [0.05, 0.1) is 12.1 Å². The second-order valence-electron chi connectivity index (χ2n) is 3.93. The molecule has 0 aliphatic carbocycles. The van der Waals surface area contributed by atoms with Gasteiger partial charge in [-0.1, -0.05) is 15.9 Å². The van der Waals surface area contributed by atoms with Gasteiger partial charge in [-0.25, -0.2) is 4.98 Å². The van der Waals surface area contributed by atoms with E-state index in [9.17, 15) is 13.2 Å². The normalized spacial score (nSPS) is 11.6. The number of halogens is 4. The number of hydrogen-bond donors (Lipinski definition) is 1. The molecule has 0 unspecified atom stereocenters. The number of nitrogens with zero attached hydrogens (tertiary/aromatic N) is 1. The zero-order valence-electron chi connectivity index (χ0n) is 9.88. The second kappa shape index (κ2) is 5.50. The molecule has 0 atom stereocenters. The van der Waals surface area contributed by atoms with E-state index < -0.39 is 11.7 Å². The molecular weight excluding hydrogens is 341 g/mol. The number of rotatable bonds is 3. The number of alkyl halides is 3. The first-order chi connectivity index (χ1) is 8.86. The molecule has 102 valence electrons. The number of nitrogens with one attached hydrogen (secondary N) is 1. The summed E-state index contributed by atoms with van der Waals surface area (Å²) < 4.78 is 38.2. The molecule has 1 aromatic carbocycles. The van der Waals surface area contributed by atoms with E-state index in [1.54, 1.807) is 6.07 Å². The van der Waals surface area contributed by atoms with Crippen LogP contribution in [0.2, 0.25) is 0 Å². The Morgan fingerprint density at radius 1 is 1.37 bits per heavy atom. The van der Waals surface area contributed by atoms with Gasteiger partial charge in [-0.05, 0) is 25.1 Å².